The fraction of sp³-hybridized carbons (Fsp3) is 0.941. The van der Waals surface area contributed by atoms with Crippen molar-refractivity contribution < 1.29 is 4.79 Å². The van der Waals surface area contributed by atoms with Crippen molar-refractivity contribution in [3.05, 3.63) is 0 Å². The fourth-order valence-electron chi connectivity index (χ4n) is 3.13. The number of hydrogen-bond acceptors (Lipinski definition) is 3. The largest absolute Gasteiger partial charge is 0.355 e. The van der Waals surface area contributed by atoms with Crippen molar-refractivity contribution in [1.82, 2.24) is 10.2 Å². The van der Waals surface area contributed by atoms with Gasteiger partial charge in [-0.1, -0.05) is 27.7 Å². The third-order valence-corrected chi connectivity index (χ3v) is 4.74. The first-order valence-corrected chi connectivity index (χ1v) is 8.56. The Kier molecular flexibility index (Phi) is 7.67. The average Bonchev–Trinajstić information content (AvgIpc) is 2.90. The van der Waals surface area contributed by atoms with Crippen LogP contribution in [0.2, 0.25) is 0 Å². The molecule has 0 radical (unpaired) electrons. The summed E-state index contributed by atoms with van der Waals surface area (Å²) in [5.74, 6) is 0.766. The lowest BCUT2D eigenvalue weighted by Crippen LogP contribution is -2.45. The van der Waals surface area contributed by atoms with Crippen LogP contribution in [0.3, 0.4) is 0 Å². The van der Waals surface area contributed by atoms with E-state index >= 15 is 0 Å². The van der Waals surface area contributed by atoms with E-state index in [9.17, 15) is 4.79 Å². The molecule has 1 saturated heterocycles. The van der Waals surface area contributed by atoms with E-state index in [2.05, 4.69) is 37.9 Å². The van der Waals surface area contributed by atoms with Crippen molar-refractivity contribution in [2.24, 2.45) is 17.1 Å². The number of nitrogens with two attached hydrogens (primary N) is 1. The highest BCUT2D eigenvalue weighted by molar-refractivity contribution is 5.75. The molecule has 0 bridgehead atoms. The van der Waals surface area contributed by atoms with Crippen LogP contribution in [0.4, 0.5) is 0 Å². The predicted molar refractivity (Wildman–Crippen MR) is 89.1 cm³/mol. The van der Waals surface area contributed by atoms with Gasteiger partial charge in [-0.3, -0.25) is 9.69 Å². The Bertz CT molecular complexity index is 309. The summed E-state index contributed by atoms with van der Waals surface area (Å²) in [7, 11) is 0. The summed E-state index contributed by atoms with van der Waals surface area (Å²) in [5, 5.41) is 3.14. The monoisotopic (exact) mass is 297 g/mol. The molecule has 1 atom stereocenters. The summed E-state index contributed by atoms with van der Waals surface area (Å²) in [6.07, 6.45) is 5.08. The molecule has 0 spiro atoms. The highest BCUT2D eigenvalue weighted by Crippen LogP contribution is 2.25. The lowest BCUT2D eigenvalue weighted by molar-refractivity contribution is -0.122. The number of hydrogen-bond donors (Lipinski definition) is 2. The second-order valence-corrected chi connectivity index (χ2v) is 7.56. The molecular weight excluding hydrogens is 262 g/mol. The molecule has 0 aromatic carbocycles. The molecule has 0 saturated carbocycles. The summed E-state index contributed by atoms with van der Waals surface area (Å²) >= 11 is 0. The second kappa shape index (κ2) is 8.74. The third kappa shape index (κ3) is 6.79. The van der Waals surface area contributed by atoms with Crippen molar-refractivity contribution in [1.29, 1.82) is 0 Å². The number of likely N-dealkylation sites (tertiary alicyclic amines) is 1. The van der Waals surface area contributed by atoms with Crippen LogP contribution in [-0.2, 0) is 4.79 Å². The minimum Gasteiger partial charge on any atom is -0.355 e. The van der Waals surface area contributed by atoms with Gasteiger partial charge in [0.25, 0.3) is 0 Å². The van der Waals surface area contributed by atoms with Crippen LogP contribution < -0.4 is 11.1 Å². The number of amides is 1. The summed E-state index contributed by atoms with van der Waals surface area (Å²) in [4.78, 5) is 14.6. The van der Waals surface area contributed by atoms with Gasteiger partial charge in [0.1, 0.15) is 0 Å². The first-order valence-electron chi connectivity index (χ1n) is 8.56. The van der Waals surface area contributed by atoms with E-state index in [1.165, 1.54) is 25.9 Å². The Morgan fingerprint density at radius 1 is 1.24 bits per heavy atom. The number of rotatable bonds is 9. The minimum absolute atomic E-state index is 0.165. The highest BCUT2D eigenvalue weighted by Gasteiger charge is 2.25. The number of carbonyl (C=O) groups excluding carboxylic acids is 1. The molecule has 1 rings (SSSR count). The van der Waals surface area contributed by atoms with Crippen LogP contribution in [0.15, 0.2) is 0 Å². The summed E-state index contributed by atoms with van der Waals surface area (Å²) in [5.41, 5.74) is 5.78. The molecule has 0 aromatic rings. The van der Waals surface area contributed by atoms with Gasteiger partial charge in [0.2, 0.25) is 5.91 Å². The fourth-order valence-corrected chi connectivity index (χ4v) is 3.13. The Hall–Kier alpha value is -0.610. The van der Waals surface area contributed by atoms with E-state index in [0.29, 0.717) is 24.9 Å². The van der Waals surface area contributed by atoms with Crippen LogP contribution in [0, 0.1) is 11.3 Å². The van der Waals surface area contributed by atoms with Crippen LogP contribution >= 0.6 is 0 Å². The smallest absolute Gasteiger partial charge is 0.220 e. The zero-order valence-corrected chi connectivity index (χ0v) is 14.5. The topological polar surface area (TPSA) is 58.4 Å². The van der Waals surface area contributed by atoms with Crippen LogP contribution in [-0.4, -0.2) is 43.0 Å². The summed E-state index contributed by atoms with van der Waals surface area (Å²) in [6.45, 7) is 12.7. The lowest BCUT2D eigenvalue weighted by atomic mass is 9.84. The van der Waals surface area contributed by atoms with E-state index < -0.39 is 0 Å². The normalized spacial score (nSPS) is 18.2. The SMILES string of the molecule is CC(C)C(CNC(=O)CCC(C)(C)CCN)N1CCCC1. The Balaban J connectivity index is 2.33. The van der Waals surface area contributed by atoms with E-state index in [1.807, 2.05) is 0 Å². The lowest BCUT2D eigenvalue weighted by Gasteiger charge is -2.31. The molecule has 1 heterocycles. The standard InChI is InChI=1S/C17H35N3O/c1-14(2)15(20-11-5-6-12-20)13-19-16(21)7-8-17(3,4)9-10-18/h14-15H,5-13,18H2,1-4H3,(H,19,21). The van der Waals surface area contributed by atoms with E-state index in [-0.39, 0.29) is 11.3 Å². The molecule has 0 aliphatic carbocycles. The zero-order valence-electron chi connectivity index (χ0n) is 14.5. The van der Waals surface area contributed by atoms with Crippen molar-refractivity contribution >= 4 is 5.91 Å². The first-order chi connectivity index (χ1) is 9.85. The molecule has 4 heteroatoms. The van der Waals surface area contributed by atoms with Gasteiger partial charge in [0.05, 0.1) is 0 Å². The van der Waals surface area contributed by atoms with Gasteiger partial charge in [0, 0.05) is 19.0 Å². The molecule has 1 aliphatic heterocycles. The maximum Gasteiger partial charge on any atom is 0.220 e. The van der Waals surface area contributed by atoms with Crippen molar-refractivity contribution in [3.63, 3.8) is 0 Å². The quantitative estimate of drug-likeness (QED) is 0.687. The van der Waals surface area contributed by atoms with Crippen LogP contribution in [0.1, 0.15) is 59.8 Å². The number of nitrogens with zero attached hydrogens (tertiary/aromatic N) is 1. The van der Waals surface area contributed by atoms with Gasteiger partial charge >= 0.3 is 0 Å². The second-order valence-electron chi connectivity index (χ2n) is 7.56. The Morgan fingerprint density at radius 2 is 1.86 bits per heavy atom. The van der Waals surface area contributed by atoms with Gasteiger partial charge in [0.15, 0.2) is 0 Å². The first kappa shape index (κ1) is 18.4. The van der Waals surface area contributed by atoms with Gasteiger partial charge in [-0.25, -0.2) is 0 Å². The number of nitrogens with one attached hydrogen (secondary N) is 1. The Morgan fingerprint density at radius 3 is 2.38 bits per heavy atom. The van der Waals surface area contributed by atoms with E-state index in [1.54, 1.807) is 0 Å². The number of carbonyl (C=O) groups is 1. The average molecular weight is 297 g/mol. The maximum absolute atomic E-state index is 12.1. The Labute approximate surface area is 130 Å². The zero-order chi connectivity index (χ0) is 15.9. The van der Waals surface area contributed by atoms with Gasteiger partial charge < -0.3 is 11.1 Å². The molecule has 1 aliphatic rings. The van der Waals surface area contributed by atoms with Crippen molar-refractivity contribution in [2.75, 3.05) is 26.2 Å². The molecule has 1 unspecified atom stereocenters. The third-order valence-electron chi connectivity index (χ3n) is 4.74. The van der Waals surface area contributed by atoms with E-state index in [0.717, 1.165) is 19.4 Å². The van der Waals surface area contributed by atoms with Crippen molar-refractivity contribution in [3.8, 4) is 0 Å². The summed E-state index contributed by atoms with van der Waals surface area (Å²) in [6, 6.07) is 0.480. The maximum atomic E-state index is 12.1. The van der Waals surface area contributed by atoms with Gasteiger partial charge in [-0.15, -0.1) is 0 Å². The summed E-state index contributed by atoms with van der Waals surface area (Å²) < 4.78 is 0. The molecule has 3 N–H and O–H groups in total. The predicted octanol–water partition coefficient (Wildman–Crippen LogP) is 2.38. The molecule has 1 fully saturated rings. The molecule has 4 nitrogen and oxygen atoms in total. The van der Waals surface area contributed by atoms with Crippen molar-refractivity contribution in [2.45, 2.75) is 65.8 Å². The van der Waals surface area contributed by atoms with Crippen LogP contribution in [0.5, 0.6) is 0 Å². The van der Waals surface area contributed by atoms with Gasteiger partial charge in [-0.2, -0.15) is 0 Å². The molecule has 1 amide bonds. The molecule has 124 valence electrons. The van der Waals surface area contributed by atoms with E-state index in [4.69, 9.17) is 5.73 Å². The van der Waals surface area contributed by atoms with Crippen LogP contribution in [0.25, 0.3) is 0 Å². The molecule has 0 aromatic heterocycles. The minimum atomic E-state index is 0.165. The highest BCUT2D eigenvalue weighted by atomic mass is 16.1. The molecular formula is C17H35N3O. The molecule has 21 heavy (non-hydrogen) atoms. The van der Waals surface area contributed by atoms with Gasteiger partial charge in [-0.05, 0) is 56.7 Å².